The lowest BCUT2D eigenvalue weighted by Crippen LogP contribution is -2.59. The van der Waals surface area contributed by atoms with E-state index in [1.54, 1.807) is 20.9 Å². The molecule has 2 aromatic carbocycles. The Hall–Kier alpha value is -1.72. The first-order valence-electron chi connectivity index (χ1n) is 8.80. The fraction of sp³-hybridized carbons (Fsp3) is 0.429. The van der Waals surface area contributed by atoms with Gasteiger partial charge in [0.25, 0.3) is 0 Å². The quantitative estimate of drug-likeness (QED) is 0.665. The van der Waals surface area contributed by atoms with Gasteiger partial charge in [-0.25, -0.2) is 0 Å². The first-order valence-corrected chi connectivity index (χ1v) is 8.80. The Bertz CT molecular complexity index is 739. The highest BCUT2D eigenvalue weighted by atomic mass is 16.6. The molecule has 1 heterocycles. The summed E-state index contributed by atoms with van der Waals surface area (Å²) in [6.45, 7) is 5.54. The molecule has 0 amide bonds. The fourth-order valence-electron chi connectivity index (χ4n) is 4.18. The van der Waals surface area contributed by atoms with Gasteiger partial charge in [0.05, 0.1) is 7.05 Å². The minimum absolute atomic E-state index is 0.584. The van der Waals surface area contributed by atoms with Gasteiger partial charge in [0.1, 0.15) is 17.7 Å². The highest BCUT2D eigenvalue weighted by Gasteiger charge is 2.69. The molecule has 1 saturated heterocycles. The van der Waals surface area contributed by atoms with Crippen LogP contribution < -0.4 is 0 Å². The second-order valence-electron chi connectivity index (χ2n) is 7.67. The van der Waals surface area contributed by atoms with Crippen molar-refractivity contribution in [2.75, 3.05) is 7.05 Å². The standard InChI is InChI=1S/C21H27NO3/c1-5-15-11-13-17(14-12-15)21(24)19(23)18(16-9-7-6-8-10-16)22(4,25)20(21,2)3/h6-14,18-19,23-24H,5H2,1-4H3. The molecule has 4 unspecified atom stereocenters. The van der Waals surface area contributed by atoms with Crippen molar-refractivity contribution in [1.82, 2.24) is 0 Å². The van der Waals surface area contributed by atoms with Gasteiger partial charge in [0.2, 0.25) is 0 Å². The lowest BCUT2D eigenvalue weighted by Gasteiger charge is -2.52. The third kappa shape index (κ3) is 2.36. The van der Waals surface area contributed by atoms with E-state index in [-0.39, 0.29) is 0 Å². The molecule has 4 atom stereocenters. The summed E-state index contributed by atoms with van der Waals surface area (Å²) in [6.07, 6.45) is -0.313. The molecule has 0 aliphatic carbocycles. The van der Waals surface area contributed by atoms with Gasteiger partial charge in [-0.15, -0.1) is 0 Å². The van der Waals surface area contributed by atoms with Gasteiger partial charge >= 0.3 is 0 Å². The van der Waals surface area contributed by atoms with Crippen LogP contribution in [0.15, 0.2) is 54.6 Å². The highest BCUT2D eigenvalue weighted by molar-refractivity contribution is 5.35. The molecule has 3 rings (SSSR count). The van der Waals surface area contributed by atoms with Crippen LogP contribution in [0.3, 0.4) is 0 Å². The fourth-order valence-corrected chi connectivity index (χ4v) is 4.18. The molecule has 25 heavy (non-hydrogen) atoms. The molecular formula is C21H27NO3. The number of hydrogen-bond donors (Lipinski definition) is 2. The van der Waals surface area contributed by atoms with Gasteiger partial charge < -0.3 is 20.1 Å². The molecule has 1 aliphatic heterocycles. The van der Waals surface area contributed by atoms with Crippen molar-refractivity contribution in [3.8, 4) is 0 Å². The van der Waals surface area contributed by atoms with Crippen molar-refractivity contribution in [3.05, 3.63) is 76.5 Å². The van der Waals surface area contributed by atoms with E-state index in [9.17, 15) is 15.4 Å². The molecule has 1 fully saturated rings. The van der Waals surface area contributed by atoms with Crippen LogP contribution in [-0.4, -0.2) is 33.5 Å². The summed E-state index contributed by atoms with van der Waals surface area (Å²) in [6, 6.07) is 16.0. The van der Waals surface area contributed by atoms with E-state index in [0.717, 1.165) is 17.5 Å². The molecule has 2 N–H and O–H groups in total. The molecule has 1 aliphatic rings. The number of nitrogens with zero attached hydrogens (tertiary/aromatic N) is 1. The van der Waals surface area contributed by atoms with Crippen LogP contribution in [0.2, 0.25) is 0 Å². The summed E-state index contributed by atoms with van der Waals surface area (Å²) >= 11 is 0. The van der Waals surface area contributed by atoms with E-state index in [1.807, 2.05) is 54.6 Å². The van der Waals surface area contributed by atoms with Gasteiger partial charge in [-0.05, 0) is 31.4 Å². The lowest BCUT2D eigenvalue weighted by atomic mass is 9.75. The molecule has 4 nitrogen and oxygen atoms in total. The summed E-state index contributed by atoms with van der Waals surface area (Å²) in [7, 11) is 1.54. The molecule has 4 heteroatoms. The Kier molecular flexibility index (Phi) is 4.28. The van der Waals surface area contributed by atoms with E-state index in [4.69, 9.17) is 0 Å². The molecule has 0 saturated carbocycles. The van der Waals surface area contributed by atoms with E-state index in [1.165, 1.54) is 0 Å². The van der Waals surface area contributed by atoms with Crippen molar-refractivity contribution in [2.45, 2.75) is 50.5 Å². The summed E-state index contributed by atoms with van der Waals surface area (Å²) in [5.41, 5.74) is -0.296. The zero-order valence-electron chi connectivity index (χ0n) is 15.3. The maximum absolute atomic E-state index is 13.6. The van der Waals surface area contributed by atoms with Crippen LogP contribution in [0, 0.1) is 5.21 Å². The Labute approximate surface area is 149 Å². The average Bonchev–Trinajstić information content (AvgIpc) is 2.71. The molecule has 0 aromatic heterocycles. The summed E-state index contributed by atoms with van der Waals surface area (Å²) in [5.74, 6) is 0. The monoisotopic (exact) mass is 341 g/mol. The first-order chi connectivity index (χ1) is 11.7. The maximum Gasteiger partial charge on any atom is 0.176 e. The number of quaternary nitrogens is 1. The second-order valence-corrected chi connectivity index (χ2v) is 7.67. The number of likely N-dealkylation sites (tertiary alicyclic amines) is 1. The number of aliphatic hydroxyl groups excluding tert-OH is 1. The van der Waals surface area contributed by atoms with Gasteiger partial charge in [0.15, 0.2) is 5.60 Å². The SMILES string of the molecule is CCc1ccc(C2(O)C(O)C(c3ccccc3)[N+](C)([O-])C2(C)C)cc1. The Morgan fingerprint density at radius 2 is 1.60 bits per heavy atom. The molecule has 0 spiro atoms. The molecule has 0 bridgehead atoms. The molecule has 0 radical (unpaired) electrons. The first kappa shape index (κ1) is 18.1. The Morgan fingerprint density at radius 3 is 2.12 bits per heavy atom. The average molecular weight is 341 g/mol. The zero-order valence-corrected chi connectivity index (χ0v) is 15.3. The number of hydroxylamine groups is 3. The number of benzene rings is 2. The van der Waals surface area contributed by atoms with Crippen LogP contribution >= 0.6 is 0 Å². The number of aliphatic hydroxyl groups is 2. The van der Waals surface area contributed by atoms with E-state index in [0.29, 0.717) is 5.56 Å². The second kappa shape index (κ2) is 5.92. The van der Waals surface area contributed by atoms with Crippen molar-refractivity contribution in [3.63, 3.8) is 0 Å². The van der Waals surface area contributed by atoms with Gasteiger partial charge in [-0.1, -0.05) is 61.5 Å². The predicted molar refractivity (Wildman–Crippen MR) is 98.5 cm³/mol. The molecule has 134 valence electrons. The zero-order chi connectivity index (χ0) is 18.5. The normalized spacial score (nSPS) is 34.2. The van der Waals surface area contributed by atoms with E-state index < -0.39 is 27.9 Å². The number of likely N-dealkylation sites (N-methyl/N-ethyl adjacent to an activating group) is 1. The smallest absolute Gasteiger partial charge is 0.176 e. The van der Waals surface area contributed by atoms with Crippen molar-refractivity contribution < 1.29 is 14.9 Å². The summed E-state index contributed by atoms with van der Waals surface area (Å²) in [4.78, 5) is 0. The van der Waals surface area contributed by atoms with Crippen LogP contribution in [0.25, 0.3) is 0 Å². The topological polar surface area (TPSA) is 63.5 Å². The Morgan fingerprint density at radius 1 is 1.04 bits per heavy atom. The van der Waals surface area contributed by atoms with E-state index in [2.05, 4.69) is 6.92 Å². The Balaban J connectivity index is 2.16. The molecule has 2 aromatic rings. The summed E-state index contributed by atoms with van der Waals surface area (Å²) in [5, 5.41) is 36.4. The van der Waals surface area contributed by atoms with Crippen molar-refractivity contribution >= 4 is 0 Å². The third-order valence-electron chi connectivity index (χ3n) is 6.24. The van der Waals surface area contributed by atoms with Crippen LogP contribution in [0.1, 0.15) is 43.5 Å². The van der Waals surface area contributed by atoms with Crippen molar-refractivity contribution in [2.24, 2.45) is 0 Å². The number of aryl methyl sites for hydroxylation is 1. The van der Waals surface area contributed by atoms with Gasteiger partial charge in [-0.3, -0.25) is 0 Å². The highest BCUT2D eigenvalue weighted by Crippen LogP contribution is 2.57. The largest absolute Gasteiger partial charge is 0.632 e. The predicted octanol–water partition coefficient (Wildman–Crippen LogP) is 3.28. The lowest BCUT2D eigenvalue weighted by molar-refractivity contribution is -0.930. The van der Waals surface area contributed by atoms with Crippen LogP contribution in [-0.2, 0) is 12.0 Å². The van der Waals surface area contributed by atoms with Crippen molar-refractivity contribution in [1.29, 1.82) is 0 Å². The van der Waals surface area contributed by atoms with E-state index >= 15 is 0 Å². The van der Waals surface area contributed by atoms with Gasteiger partial charge in [0, 0.05) is 5.56 Å². The van der Waals surface area contributed by atoms with Gasteiger partial charge in [-0.2, -0.15) is 0 Å². The number of hydrogen-bond acceptors (Lipinski definition) is 3. The third-order valence-corrected chi connectivity index (χ3v) is 6.24. The van der Waals surface area contributed by atoms with Crippen LogP contribution in [0.4, 0.5) is 0 Å². The minimum atomic E-state index is -1.64. The van der Waals surface area contributed by atoms with Crippen LogP contribution in [0.5, 0.6) is 0 Å². The molecular weight excluding hydrogens is 314 g/mol. The minimum Gasteiger partial charge on any atom is -0.632 e. The maximum atomic E-state index is 13.6. The number of rotatable bonds is 3. The summed E-state index contributed by atoms with van der Waals surface area (Å²) < 4.78 is -0.746.